The minimum atomic E-state index is -4.79. The van der Waals surface area contributed by atoms with Gasteiger partial charge in [-0.1, -0.05) is 41.3 Å². The number of carbonyl (C=O) groups is 3. The number of imide groups is 1. The Morgan fingerprint density at radius 2 is 1.77 bits per heavy atom. The monoisotopic (exact) mass is 633 g/mol. The molecule has 3 amide bonds. The van der Waals surface area contributed by atoms with Crippen molar-refractivity contribution in [2.75, 3.05) is 31.7 Å². The number of aromatic nitrogens is 1. The van der Waals surface area contributed by atoms with E-state index in [4.69, 9.17) is 9.47 Å². The quantitative estimate of drug-likeness (QED) is 0.394. The van der Waals surface area contributed by atoms with E-state index >= 15 is 0 Å². The molecule has 0 unspecified atom stereocenters. The summed E-state index contributed by atoms with van der Waals surface area (Å²) in [6, 6.07) is 9.31. The van der Waals surface area contributed by atoms with Crippen molar-refractivity contribution in [3.05, 3.63) is 68.1 Å². The summed E-state index contributed by atoms with van der Waals surface area (Å²) in [4.78, 5) is 57.8. The highest BCUT2D eigenvalue weighted by Crippen LogP contribution is 2.54. The zero-order valence-corrected chi connectivity index (χ0v) is 24.4. The lowest BCUT2D eigenvalue weighted by Crippen LogP contribution is -2.38. The molecule has 1 N–H and O–H groups in total. The van der Waals surface area contributed by atoms with E-state index in [0.29, 0.717) is 33.5 Å². The van der Waals surface area contributed by atoms with Crippen molar-refractivity contribution in [1.29, 1.82) is 0 Å². The number of hydrogen-bond donors (Lipinski definition) is 1. The molecule has 2 aromatic carbocycles. The number of alkyl halides is 3. The van der Waals surface area contributed by atoms with Crippen molar-refractivity contribution in [1.82, 2.24) is 9.88 Å². The van der Waals surface area contributed by atoms with Gasteiger partial charge in [0.2, 0.25) is 11.8 Å². The third kappa shape index (κ3) is 5.30. The first-order valence-corrected chi connectivity index (χ1v) is 15.3. The third-order valence-electron chi connectivity index (χ3n) is 7.88. The number of anilines is 1. The van der Waals surface area contributed by atoms with Crippen molar-refractivity contribution >= 4 is 46.5 Å². The lowest BCUT2D eigenvalue weighted by Gasteiger charge is -2.30. The largest absolute Gasteiger partial charge is 0.493 e. The number of thioether (sulfide) groups is 1. The van der Waals surface area contributed by atoms with Crippen LogP contribution in [0.5, 0.6) is 11.5 Å². The van der Waals surface area contributed by atoms with Crippen molar-refractivity contribution in [3.8, 4) is 11.5 Å². The molecule has 14 heteroatoms. The molecule has 2 saturated heterocycles. The molecule has 226 valence electrons. The number of nitrogens with one attached hydrogen (secondary N) is 1. The second-order valence-corrected chi connectivity index (χ2v) is 12.6. The van der Waals surface area contributed by atoms with Crippen LogP contribution in [0.1, 0.15) is 41.2 Å². The standard InChI is InChI=1S/C29H26F3N3O6S2/c1-40-19-13-15(9-10-18(19)41-14-20(36)34-11-5-2-6-12-34)21-22-24(42-25-23(21)43-28(39)33-25)27(38)35(26(22)37)17-8-4-3-7-16(17)29(30,31)32/h3-4,7-10,13,21-22,24H,2,5-6,11-12,14H2,1H3,(H,33,39)/t21-,22-,24+/m0/s1. The number of likely N-dealkylation sites (tertiary alicyclic amines) is 1. The summed E-state index contributed by atoms with van der Waals surface area (Å²) >= 11 is 1.85. The van der Waals surface area contributed by atoms with E-state index in [-0.39, 0.29) is 28.9 Å². The first-order valence-electron chi connectivity index (χ1n) is 13.6. The van der Waals surface area contributed by atoms with Crippen molar-refractivity contribution in [3.63, 3.8) is 0 Å². The number of methoxy groups -OCH3 is 1. The number of benzene rings is 2. The molecule has 3 aliphatic heterocycles. The van der Waals surface area contributed by atoms with Gasteiger partial charge in [-0.25, -0.2) is 4.90 Å². The zero-order chi connectivity index (χ0) is 30.5. The molecule has 0 aliphatic carbocycles. The number of aromatic amines is 1. The number of amides is 3. The summed E-state index contributed by atoms with van der Waals surface area (Å²) in [7, 11) is 1.41. The summed E-state index contributed by atoms with van der Waals surface area (Å²) < 4.78 is 53.0. The van der Waals surface area contributed by atoms with Gasteiger partial charge in [0, 0.05) is 23.9 Å². The van der Waals surface area contributed by atoms with E-state index in [1.807, 2.05) is 0 Å². The maximum Gasteiger partial charge on any atom is 0.418 e. The average Bonchev–Trinajstić information content (AvgIpc) is 3.49. The van der Waals surface area contributed by atoms with Crippen LogP contribution in [0, 0.1) is 5.92 Å². The predicted octanol–water partition coefficient (Wildman–Crippen LogP) is 4.65. The molecule has 43 heavy (non-hydrogen) atoms. The molecule has 9 nitrogen and oxygen atoms in total. The Bertz CT molecular complexity index is 1650. The fourth-order valence-corrected chi connectivity index (χ4v) is 8.41. The molecule has 3 aromatic rings. The highest BCUT2D eigenvalue weighted by Gasteiger charge is 2.57. The molecule has 6 rings (SSSR count). The van der Waals surface area contributed by atoms with Crippen LogP contribution in [0.3, 0.4) is 0 Å². The van der Waals surface area contributed by atoms with Gasteiger partial charge in [0.25, 0.3) is 5.91 Å². The first kappa shape index (κ1) is 29.3. The van der Waals surface area contributed by atoms with Gasteiger partial charge < -0.3 is 19.4 Å². The molecule has 4 heterocycles. The van der Waals surface area contributed by atoms with Gasteiger partial charge in [0.15, 0.2) is 18.1 Å². The van der Waals surface area contributed by atoms with Gasteiger partial charge in [0.05, 0.1) is 29.3 Å². The Balaban J connectivity index is 1.35. The Morgan fingerprint density at radius 1 is 1.02 bits per heavy atom. The van der Waals surface area contributed by atoms with Crippen LogP contribution < -0.4 is 19.2 Å². The number of nitrogens with zero attached hydrogens (tertiary/aromatic N) is 2. The first-order chi connectivity index (χ1) is 20.6. The number of H-pyrrole nitrogens is 1. The number of hydrogen-bond acceptors (Lipinski definition) is 8. The Labute approximate surface area is 252 Å². The molecule has 0 saturated carbocycles. The van der Waals surface area contributed by atoms with Crippen LogP contribution in [-0.2, 0) is 20.6 Å². The number of piperidine rings is 1. The van der Waals surface area contributed by atoms with E-state index in [0.717, 1.165) is 54.5 Å². The molecule has 0 spiro atoms. The summed E-state index contributed by atoms with van der Waals surface area (Å²) in [5.74, 6) is -3.09. The third-order valence-corrected chi connectivity index (χ3v) is 10.3. The average molecular weight is 634 g/mol. The highest BCUT2D eigenvalue weighted by molar-refractivity contribution is 8.00. The van der Waals surface area contributed by atoms with Crippen LogP contribution in [-0.4, -0.2) is 59.7 Å². The van der Waals surface area contributed by atoms with E-state index < -0.39 is 46.3 Å². The summed E-state index contributed by atoms with van der Waals surface area (Å²) in [6.45, 7) is 1.17. The smallest absolute Gasteiger partial charge is 0.418 e. The minimum absolute atomic E-state index is 0.144. The number of rotatable bonds is 6. The van der Waals surface area contributed by atoms with Gasteiger partial charge >= 0.3 is 11.0 Å². The summed E-state index contributed by atoms with van der Waals surface area (Å²) in [5, 5.41) is -0.680. The second-order valence-electron chi connectivity index (χ2n) is 10.4. The molecular weight excluding hydrogens is 607 g/mol. The molecule has 0 bridgehead atoms. The van der Waals surface area contributed by atoms with Gasteiger partial charge in [-0.15, -0.1) is 0 Å². The predicted molar refractivity (Wildman–Crippen MR) is 153 cm³/mol. The fourth-order valence-electron chi connectivity index (χ4n) is 5.89. The number of carbonyl (C=O) groups excluding carboxylic acids is 3. The van der Waals surface area contributed by atoms with Gasteiger partial charge in [-0.2, -0.15) is 13.2 Å². The van der Waals surface area contributed by atoms with Crippen LogP contribution in [0.25, 0.3) is 0 Å². The number of ether oxygens (including phenoxy) is 2. The maximum absolute atomic E-state index is 13.9. The van der Waals surface area contributed by atoms with Crippen LogP contribution in [0.2, 0.25) is 0 Å². The van der Waals surface area contributed by atoms with Crippen LogP contribution in [0.15, 0.2) is 52.3 Å². The minimum Gasteiger partial charge on any atom is -0.493 e. The molecule has 3 atom stereocenters. The Morgan fingerprint density at radius 3 is 2.49 bits per heavy atom. The Kier molecular flexibility index (Phi) is 7.75. The van der Waals surface area contributed by atoms with Crippen LogP contribution >= 0.6 is 23.1 Å². The summed E-state index contributed by atoms with van der Waals surface area (Å²) in [5.41, 5.74) is -1.12. The van der Waals surface area contributed by atoms with Gasteiger partial charge in [-0.05, 0) is 49.1 Å². The molecule has 0 radical (unpaired) electrons. The number of halogens is 3. The van der Waals surface area contributed by atoms with Gasteiger partial charge in [0.1, 0.15) is 5.25 Å². The SMILES string of the molecule is COc1cc([C@@H]2c3sc(=O)[nH]c3S[C@H]3C(=O)N(c4ccccc4C(F)(F)F)C(=O)[C@@H]23)ccc1OCC(=O)N1CCCCC1. The lowest BCUT2D eigenvalue weighted by molar-refractivity contribution is -0.137. The molecular formula is C29H26F3N3O6S2. The van der Waals surface area contributed by atoms with Gasteiger partial charge in [-0.3, -0.25) is 19.2 Å². The zero-order valence-electron chi connectivity index (χ0n) is 22.8. The molecule has 3 aliphatic rings. The number of para-hydroxylation sites is 1. The Hall–Kier alpha value is -3.78. The maximum atomic E-state index is 13.9. The molecule has 1 aromatic heterocycles. The second kappa shape index (κ2) is 11.4. The van der Waals surface area contributed by atoms with Crippen molar-refractivity contribution in [2.45, 2.75) is 41.6 Å². The normalized spacial score (nSPS) is 21.9. The van der Waals surface area contributed by atoms with Crippen molar-refractivity contribution in [2.24, 2.45) is 5.92 Å². The van der Waals surface area contributed by atoms with Crippen molar-refractivity contribution < 1.29 is 37.0 Å². The highest BCUT2D eigenvalue weighted by atomic mass is 32.2. The molecule has 2 fully saturated rings. The van der Waals surface area contributed by atoms with E-state index in [9.17, 15) is 32.3 Å². The summed E-state index contributed by atoms with van der Waals surface area (Å²) in [6.07, 6.45) is -1.82. The van der Waals surface area contributed by atoms with E-state index in [1.165, 1.54) is 19.2 Å². The fraction of sp³-hybridized carbons (Fsp3) is 0.379. The van der Waals surface area contributed by atoms with E-state index in [2.05, 4.69) is 4.98 Å². The number of thiazole rings is 1. The topological polar surface area (TPSA) is 109 Å². The number of fused-ring (bicyclic) bond motifs is 2. The lowest BCUT2D eigenvalue weighted by atomic mass is 9.83. The van der Waals surface area contributed by atoms with Crippen LogP contribution in [0.4, 0.5) is 18.9 Å². The van der Waals surface area contributed by atoms with E-state index in [1.54, 1.807) is 23.1 Å².